The third-order valence-corrected chi connectivity index (χ3v) is 8.05. The Labute approximate surface area is 208 Å². The fraction of sp³-hybridized carbons (Fsp3) is 0.640. The molecule has 0 aromatic heterocycles. The van der Waals surface area contributed by atoms with Crippen LogP contribution in [0.4, 0.5) is 0 Å². The second kappa shape index (κ2) is 12.5. The molecule has 0 bridgehead atoms. The van der Waals surface area contributed by atoms with Gasteiger partial charge in [0, 0.05) is 19.0 Å². The lowest BCUT2D eigenvalue weighted by molar-refractivity contribution is -0.143. The highest BCUT2D eigenvalue weighted by Gasteiger charge is 2.36. The number of piperidine rings is 1. The molecule has 0 unspecified atom stereocenters. The fourth-order valence-corrected chi connectivity index (χ4v) is 5.44. The number of nitrogens with zero attached hydrogens (tertiary/aromatic N) is 1. The van der Waals surface area contributed by atoms with Gasteiger partial charge in [0.25, 0.3) is 0 Å². The van der Waals surface area contributed by atoms with E-state index in [1.165, 1.54) is 12.1 Å². The third kappa shape index (κ3) is 8.03. The molecule has 1 aliphatic rings. The molecule has 1 fully saturated rings. The number of nitrogens with one attached hydrogen (secondary N) is 2. The van der Waals surface area contributed by atoms with Crippen LogP contribution in [0.25, 0.3) is 0 Å². The lowest BCUT2D eigenvalue weighted by atomic mass is 9.93. The molecule has 196 valence electrons. The van der Waals surface area contributed by atoms with E-state index < -0.39 is 28.1 Å². The molecule has 3 atom stereocenters. The molecule has 1 aliphatic heterocycles. The van der Waals surface area contributed by atoms with E-state index in [2.05, 4.69) is 10.0 Å². The Hall–Kier alpha value is -2.46. The summed E-state index contributed by atoms with van der Waals surface area (Å²) in [6.45, 7) is 10.0. The number of aliphatic carboxylic acids is 1. The summed E-state index contributed by atoms with van der Waals surface area (Å²) in [5, 5.41) is 12.0. The van der Waals surface area contributed by atoms with Crippen molar-refractivity contribution in [3.05, 3.63) is 29.8 Å². The smallest absolute Gasteiger partial charge is 0.326 e. The van der Waals surface area contributed by atoms with Gasteiger partial charge in [0.1, 0.15) is 12.1 Å². The van der Waals surface area contributed by atoms with Crippen LogP contribution in [0.2, 0.25) is 0 Å². The Balaban J connectivity index is 2.05. The zero-order chi connectivity index (χ0) is 26.3. The van der Waals surface area contributed by atoms with E-state index in [1.54, 1.807) is 17.0 Å². The second-order valence-electron chi connectivity index (χ2n) is 9.93. The predicted molar refractivity (Wildman–Crippen MR) is 133 cm³/mol. The zero-order valence-corrected chi connectivity index (χ0v) is 22.1. The van der Waals surface area contributed by atoms with Gasteiger partial charge in [0.15, 0.2) is 0 Å². The van der Waals surface area contributed by atoms with Gasteiger partial charge in [0.2, 0.25) is 21.8 Å². The van der Waals surface area contributed by atoms with Gasteiger partial charge in [-0.3, -0.25) is 9.59 Å². The van der Waals surface area contributed by atoms with Crippen molar-refractivity contribution in [3.63, 3.8) is 0 Å². The van der Waals surface area contributed by atoms with E-state index >= 15 is 0 Å². The molecule has 1 heterocycles. The number of sulfonamides is 1. The Kier molecular flexibility index (Phi) is 10.3. The Morgan fingerprint density at radius 2 is 1.66 bits per heavy atom. The minimum absolute atomic E-state index is 0.106. The van der Waals surface area contributed by atoms with Crippen LogP contribution in [-0.2, 0) is 24.4 Å². The van der Waals surface area contributed by atoms with E-state index in [-0.39, 0.29) is 34.5 Å². The molecule has 0 saturated carbocycles. The summed E-state index contributed by atoms with van der Waals surface area (Å²) < 4.78 is 28.5. The monoisotopic (exact) mass is 509 g/mol. The molecule has 3 N–H and O–H groups in total. The van der Waals surface area contributed by atoms with E-state index in [0.717, 1.165) is 5.56 Å². The number of hydrogen-bond acceptors (Lipinski definition) is 5. The number of carboxylic acids is 1. The maximum absolute atomic E-state index is 13.3. The molecule has 1 aromatic rings. The average molecular weight is 510 g/mol. The van der Waals surface area contributed by atoms with Crippen LogP contribution in [0.15, 0.2) is 29.2 Å². The van der Waals surface area contributed by atoms with Crippen molar-refractivity contribution in [2.75, 3.05) is 13.1 Å². The highest BCUT2D eigenvalue weighted by Crippen LogP contribution is 2.22. The molecular formula is C25H39N3O6S. The minimum atomic E-state index is -3.89. The summed E-state index contributed by atoms with van der Waals surface area (Å²) in [6.07, 6.45) is 1.74. The predicted octanol–water partition coefficient (Wildman–Crippen LogP) is 2.54. The third-order valence-electron chi connectivity index (χ3n) is 6.59. The van der Waals surface area contributed by atoms with Crippen LogP contribution in [0.3, 0.4) is 0 Å². The number of amides is 2. The summed E-state index contributed by atoms with van der Waals surface area (Å²) in [7, 11) is -3.89. The Bertz CT molecular complexity index is 985. The SMILES string of the molecule is CC[C@H](C)[C@H](NS(=O)(=O)c1ccc(C)cc1)C(=O)N1CCC(C(=O)N[C@@H](CC(C)C)C(=O)O)CC1. The maximum atomic E-state index is 13.3. The highest BCUT2D eigenvalue weighted by molar-refractivity contribution is 7.89. The molecule has 0 aliphatic carbocycles. The lowest BCUT2D eigenvalue weighted by Crippen LogP contribution is -2.54. The molecular weight excluding hydrogens is 470 g/mol. The minimum Gasteiger partial charge on any atom is -0.480 e. The quantitative estimate of drug-likeness (QED) is 0.420. The molecule has 9 nitrogen and oxygen atoms in total. The molecule has 2 amide bonds. The van der Waals surface area contributed by atoms with E-state index in [1.807, 2.05) is 34.6 Å². The first-order valence-corrected chi connectivity index (χ1v) is 13.7. The van der Waals surface area contributed by atoms with Gasteiger partial charge in [-0.05, 0) is 50.2 Å². The van der Waals surface area contributed by atoms with Crippen molar-refractivity contribution in [1.29, 1.82) is 0 Å². The standard InChI is InChI=1S/C25H39N3O6S/c1-6-18(5)22(27-35(33,34)20-9-7-17(4)8-10-20)24(30)28-13-11-19(12-14-28)23(29)26-21(25(31)32)15-16(2)3/h7-10,16,18-19,21-22,27H,6,11-15H2,1-5H3,(H,26,29)(H,31,32)/t18-,21-,22-/m0/s1. The second-order valence-corrected chi connectivity index (χ2v) is 11.6. The van der Waals surface area contributed by atoms with Crippen LogP contribution < -0.4 is 10.0 Å². The number of benzene rings is 1. The first-order chi connectivity index (χ1) is 16.4. The molecule has 0 radical (unpaired) electrons. The van der Waals surface area contributed by atoms with Crippen molar-refractivity contribution in [1.82, 2.24) is 14.9 Å². The number of carboxylic acid groups (broad SMARTS) is 1. The number of carbonyl (C=O) groups excluding carboxylic acids is 2. The van der Waals surface area contributed by atoms with Crippen LogP contribution >= 0.6 is 0 Å². The maximum Gasteiger partial charge on any atom is 0.326 e. The van der Waals surface area contributed by atoms with Gasteiger partial charge >= 0.3 is 5.97 Å². The van der Waals surface area contributed by atoms with Crippen LogP contribution in [0.5, 0.6) is 0 Å². The summed E-state index contributed by atoms with van der Waals surface area (Å²) in [5.41, 5.74) is 0.935. The number of hydrogen-bond donors (Lipinski definition) is 3. The summed E-state index contributed by atoms with van der Waals surface area (Å²) in [6, 6.07) is 4.60. The molecule has 1 saturated heterocycles. The molecule has 1 aromatic carbocycles. The zero-order valence-electron chi connectivity index (χ0n) is 21.3. The van der Waals surface area contributed by atoms with Crippen molar-refractivity contribution >= 4 is 27.8 Å². The van der Waals surface area contributed by atoms with Gasteiger partial charge in [0.05, 0.1) is 4.90 Å². The normalized spacial score (nSPS) is 17.6. The molecule has 10 heteroatoms. The van der Waals surface area contributed by atoms with E-state index in [0.29, 0.717) is 38.8 Å². The van der Waals surface area contributed by atoms with Gasteiger partial charge in [-0.15, -0.1) is 0 Å². The van der Waals surface area contributed by atoms with Gasteiger partial charge in [-0.1, -0.05) is 51.8 Å². The van der Waals surface area contributed by atoms with E-state index in [4.69, 9.17) is 0 Å². The Morgan fingerprint density at radius 3 is 2.14 bits per heavy atom. The molecule has 35 heavy (non-hydrogen) atoms. The van der Waals surface area contributed by atoms with Crippen molar-refractivity contribution in [2.24, 2.45) is 17.8 Å². The van der Waals surface area contributed by atoms with Crippen molar-refractivity contribution in [3.8, 4) is 0 Å². The first-order valence-electron chi connectivity index (χ1n) is 12.3. The van der Waals surface area contributed by atoms with Gasteiger partial charge in [-0.25, -0.2) is 13.2 Å². The number of aryl methyl sites for hydroxylation is 1. The molecule has 2 rings (SSSR count). The largest absolute Gasteiger partial charge is 0.480 e. The Morgan fingerprint density at radius 1 is 1.09 bits per heavy atom. The van der Waals surface area contributed by atoms with E-state index in [9.17, 15) is 27.9 Å². The number of carbonyl (C=O) groups is 3. The summed E-state index contributed by atoms with van der Waals surface area (Å²) in [5.74, 6) is -2.18. The number of rotatable bonds is 11. The van der Waals surface area contributed by atoms with Gasteiger partial charge < -0.3 is 15.3 Å². The topological polar surface area (TPSA) is 133 Å². The first kappa shape index (κ1) is 28.8. The summed E-state index contributed by atoms with van der Waals surface area (Å²) in [4.78, 5) is 39.2. The van der Waals surface area contributed by atoms with Crippen LogP contribution in [-0.4, -0.2) is 61.4 Å². The van der Waals surface area contributed by atoms with Crippen molar-refractivity contribution in [2.45, 2.75) is 77.3 Å². The van der Waals surface area contributed by atoms with Crippen molar-refractivity contribution < 1.29 is 27.9 Å². The van der Waals surface area contributed by atoms with Gasteiger partial charge in [-0.2, -0.15) is 4.72 Å². The van der Waals surface area contributed by atoms with Crippen LogP contribution in [0.1, 0.15) is 58.9 Å². The average Bonchev–Trinajstić information content (AvgIpc) is 2.81. The summed E-state index contributed by atoms with van der Waals surface area (Å²) >= 11 is 0. The van der Waals surface area contributed by atoms with Crippen LogP contribution in [0, 0.1) is 24.7 Å². The number of likely N-dealkylation sites (tertiary alicyclic amines) is 1. The highest BCUT2D eigenvalue weighted by atomic mass is 32.2. The molecule has 0 spiro atoms. The lowest BCUT2D eigenvalue weighted by Gasteiger charge is -2.35. The fourth-order valence-electron chi connectivity index (χ4n) is 4.14.